The van der Waals surface area contributed by atoms with E-state index in [2.05, 4.69) is 5.32 Å². The van der Waals surface area contributed by atoms with Crippen molar-refractivity contribution in [1.82, 2.24) is 10.2 Å². The van der Waals surface area contributed by atoms with E-state index in [-0.39, 0.29) is 24.6 Å². The summed E-state index contributed by atoms with van der Waals surface area (Å²) in [6, 6.07) is 0.121. The smallest absolute Gasteiger partial charge is 0.239 e. The Morgan fingerprint density at radius 1 is 1.31 bits per heavy atom. The molecule has 0 aliphatic heterocycles. The highest BCUT2D eigenvalue weighted by Gasteiger charge is 2.19. The van der Waals surface area contributed by atoms with E-state index in [4.69, 9.17) is 5.11 Å². The molecule has 2 unspecified atom stereocenters. The second-order valence-corrected chi connectivity index (χ2v) is 4.17. The zero-order chi connectivity index (χ0) is 12.6. The van der Waals surface area contributed by atoms with Crippen LogP contribution in [0.15, 0.2) is 0 Å². The number of nitrogens with zero attached hydrogens (tertiary/aromatic N) is 1. The van der Waals surface area contributed by atoms with Gasteiger partial charge in [-0.15, -0.1) is 0 Å². The zero-order valence-corrected chi connectivity index (χ0v) is 11.0. The van der Waals surface area contributed by atoms with Crippen molar-refractivity contribution >= 4 is 5.91 Å². The second kappa shape index (κ2) is 8.53. The van der Waals surface area contributed by atoms with Crippen molar-refractivity contribution in [2.45, 2.75) is 52.6 Å². The molecule has 0 aromatic heterocycles. The average Bonchev–Trinajstić information content (AvgIpc) is 2.27. The van der Waals surface area contributed by atoms with Crippen LogP contribution in [-0.4, -0.2) is 47.7 Å². The summed E-state index contributed by atoms with van der Waals surface area (Å²) in [5, 5.41) is 12.0. The van der Waals surface area contributed by atoms with Gasteiger partial charge in [0, 0.05) is 25.7 Å². The third-order valence-electron chi connectivity index (χ3n) is 2.78. The van der Waals surface area contributed by atoms with Gasteiger partial charge in [-0.3, -0.25) is 4.79 Å². The molecule has 0 aromatic carbocycles. The van der Waals surface area contributed by atoms with E-state index in [9.17, 15) is 4.79 Å². The highest BCUT2D eigenvalue weighted by Crippen LogP contribution is 2.00. The van der Waals surface area contributed by atoms with Crippen molar-refractivity contribution in [3.05, 3.63) is 0 Å². The van der Waals surface area contributed by atoms with Gasteiger partial charge in [0.05, 0.1) is 6.04 Å². The van der Waals surface area contributed by atoms with E-state index >= 15 is 0 Å². The standard InChI is InChI=1S/C12H26N2O2/c1-5-14(6-2)12(16)11(4)13-10(3)8-7-9-15/h10-11,13,15H,5-9H2,1-4H3. The molecule has 0 aliphatic rings. The molecule has 1 amide bonds. The quantitative estimate of drug-likeness (QED) is 0.654. The lowest BCUT2D eigenvalue weighted by Gasteiger charge is -2.25. The number of rotatable bonds is 8. The fraction of sp³-hybridized carbons (Fsp3) is 0.917. The van der Waals surface area contributed by atoms with Crippen LogP contribution in [0.1, 0.15) is 40.5 Å². The summed E-state index contributed by atoms with van der Waals surface area (Å²) in [6.07, 6.45) is 1.67. The highest BCUT2D eigenvalue weighted by molar-refractivity contribution is 5.81. The van der Waals surface area contributed by atoms with Crippen molar-refractivity contribution in [3.63, 3.8) is 0 Å². The van der Waals surface area contributed by atoms with E-state index in [0.29, 0.717) is 0 Å². The molecule has 16 heavy (non-hydrogen) atoms. The van der Waals surface area contributed by atoms with Gasteiger partial charge in [0.1, 0.15) is 0 Å². The second-order valence-electron chi connectivity index (χ2n) is 4.17. The predicted octanol–water partition coefficient (Wildman–Crippen LogP) is 0.994. The Balaban J connectivity index is 4.03. The lowest BCUT2D eigenvalue weighted by molar-refractivity contribution is -0.132. The Hall–Kier alpha value is -0.610. The molecule has 0 radical (unpaired) electrons. The van der Waals surface area contributed by atoms with Gasteiger partial charge < -0.3 is 15.3 Å². The van der Waals surface area contributed by atoms with Crippen LogP contribution in [-0.2, 0) is 4.79 Å². The number of nitrogens with one attached hydrogen (secondary N) is 1. The van der Waals surface area contributed by atoms with E-state index in [1.165, 1.54) is 0 Å². The molecule has 0 bridgehead atoms. The maximum Gasteiger partial charge on any atom is 0.239 e. The summed E-state index contributed by atoms with van der Waals surface area (Å²) in [7, 11) is 0. The van der Waals surface area contributed by atoms with Crippen molar-refractivity contribution in [1.29, 1.82) is 0 Å². The largest absolute Gasteiger partial charge is 0.396 e. The lowest BCUT2D eigenvalue weighted by atomic mass is 10.1. The monoisotopic (exact) mass is 230 g/mol. The van der Waals surface area contributed by atoms with E-state index in [0.717, 1.165) is 25.9 Å². The first-order chi connectivity index (χ1) is 7.56. The van der Waals surface area contributed by atoms with E-state index in [1.807, 2.05) is 32.6 Å². The van der Waals surface area contributed by atoms with Gasteiger partial charge in [0.2, 0.25) is 5.91 Å². The SMILES string of the molecule is CCN(CC)C(=O)C(C)NC(C)CCCO. The minimum Gasteiger partial charge on any atom is -0.396 e. The number of hydrogen-bond acceptors (Lipinski definition) is 3. The van der Waals surface area contributed by atoms with Crippen molar-refractivity contribution < 1.29 is 9.90 Å². The molecule has 0 aromatic rings. The third-order valence-corrected chi connectivity index (χ3v) is 2.78. The first kappa shape index (κ1) is 15.4. The molecule has 0 heterocycles. The van der Waals surface area contributed by atoms with Crippen LogP contribution in [0, 0.1) is 0 Å². The molecule has 0 fully saturated rings. The zero-order valence-electron chi connectivity index (χ0n) is 11.0. The molecule has 0 saturated carbocycles. The maximum atomic E-state index is 11.9. The first-order valence-corrected chi connectivity index (χ1v) is 6.22. The summed E-state index contributed by atoms with van der Waals surface area (Å²) in [5.41, 5.74) is 0. The van der Waals surface area contributed by atoms with Gasteiger partial charge in [0.25, 0.3) is 0 Å². The average molecular weight is 230 g/mol. The Labute approximate surface area is 99.0 Å². The Morgan fingerprint density at radius 2 is 1.88 bits per heavy atom. The van der Waals surface area contributed by atoms with Gasteiger partial charge in [0.15, 0.2) is 0 Å². The van der Waals surface area contributed by atoms with Gasteiger partial charge in [-0.05, 0) is 40.5 Å². The number of hydrogen-bond donors (Lipinski definition) is 2. The Bertz CT molecular complexity index is 193. The third kappa shape index (κ3) is 5.47. The number of carbonyl (C=O) groups excluding carboxylic acids is 1. The van der Waals surface area contributed by atoms with Crippen LogP contribution in [0.25, 0.3) is 0 Å². The van der Waals surface area contributed by atoms with Crippen LogP contribution < -0.4 is 5.32 Å². The van der Waals surface area contributed by atoms with Crippen molar-refractivity contribution in [2.24, 2.45) is 0 Å². The van der Waals surface area contributed by atoms with E-state index in [1.54, 1.807) is 0 Å². The molecular formula is C12H26N2O2. The normalized spacial score (nSPS) is 14.6. The summed E-state index contributed by atoms with van der Waals surface area (Å²) >= 11 is 0. The van der Waals surface area contributed by atoms with E-state index < -0.39 is 0 Å². The molecule has 96 valence electrons. The Kier molecular flexibility index (Phi) is 8.21. The molecule has 4 nitrogen and oxygen atoms in total. The minimum absolute atomic E-state index is 0.145. The van der Waals surface area contributed by atoms with Gasteiger partial charge in [-0.2, -0.15) is 0 Å². The predicted molar refractivity (Wildman–Crippen MR) is 66.3 cm³/mol. The number of carbonyl (C=O) groups is 1. The summed E-state index contributed by atoms with van der Waals surface area (Å²) in [5.74, 6) is 0.154. The van der Waals surface area contributed by atoms with Crippen LogP contribution in [0.4, 0.5) is 0 Å². The fourth-order valence-corrected chi connectivity index (χ4v) is 1.79. The minimum atomic E-state index is -0.145. The number of amides is 1. The fourth-order valence-electron chi connectivity index (χ4n) is 1.79. The maximum absolute atomic E-state index is 11.9. The summed E-state index contributed by atoms with van der Waals surface area (Å²) < 4.78 is 0. The molecule has 2 N–H and O–H groups in total. The molecule has 4 heteroatoms. The molecule has 0 rings (SSSR count). The van der Waals surface area contributed by atoms with Crippen LogP contribution in [0.2, 0.25) is 0 Å². The molecule has 0 spiro atoms. The molecular weight excluding hydrogens is 204 g/mol. The van der Waals surface area contributed by atoms with Crippen molar-refractivity contribution in [2.75, 3.05) is 19.7 Å². The number of aliphatic hydroxyl groups excluding tert-OH is 1. The number of likely N-dealkylation sites (N-methyl/N-ethyl adjacent to an activating group) is 1. The Morgan fingerprint density at radius 3 is 2.31 bits per heavy atom. The highest BCUT2D eigenvalue weighted by atomic mass is 16.2. The van der Waals surface area contributed by atoms with Gasteiger partial charge in [-0.1, -0.05) is 0 Å². The molecule has 0 aliphatic carbocycles. The van der Waals surface area contributed by atoms with Crippen LogP contribution >= 0.6 is 0 Å². The van der Waals surface area contributed by atoms with Crippen LogP contribution in [0.3, 0.4) is 0 Å². The number of aliphatic hydroxyl groups is 1. The molecule has 2 atom stereocenters. The summed E-state index contributed by atoms with van der Waals surface area (Å²) in [4.78, 5) is 13.8. The van der Waals surface area contributed by atoms with Crippen LogP contribution in [0.5, 0.6) is 0 Å². The first-order valence-electron chi connectivity index (χ1n) is 6.22. The van der Waals surface area contributed by atoms with Gasteiger partial charge >= 0.3 is 0 Å². The molecule has 0 saturated heterocycles. The summed E-state index contributed by atoms with van der Waals surface area (Å²) in [6.45, 7) is 9.65. The lowest BCUT2D eigenvalue weighted by Crippen LogP contribution is -2.47. The van der Waals surface area contributed by atoms with Gasteiger partial charge in [-0.25, -0.2) is 0 Å². The van der Waals surface area contributed by atoms with Crippen molar-refractivity contribution in [3.8, 4) is 0 Å². The topological polar surface area (TPSA) is 52.6 Å².